The molecule has 0 aliphatic carbocycles. The summed E-state index contributed by atoms with van der Waals surface area (Å²) >= 11 is 3.37. The summed E-state index contributed by atoms with van der Waals surface area (Å²) in [6, 6.07) is 9.42. The Morgan fingerprint density at radius 1 is 1.32 bits per heavy atom. The van der Waals surface area contributed by atoms with Gasteiger partial charge in [-0.25, -0.2) is 0 Å². The van der Waals surface area contributed by atoms with Crippen molar-refractivity contribution in [2.24, 2.45) is 0 Å². The molecule has 5 heteroatoms. The Hall–Kier alpha value is -1.88. The Bertz CT molecular complexity index is 570. The van der Waals surface area contributed by atoms with E-state index in [-0.39, 0.29) is 5.91 Å². The van der Waals surface area contributed by atoms with Gasteiger partial charge in [-0.05, 0) is 23.8 Å². The number of aromatic nitrogens is 1. The van der Waals surface area contributed by atoms with Crippen LogP contribution in [0.4, 0.5) is 0 Å². The summed E-state index contributed by atoms with van der Waals surface area (Å²) in [6.07, 6.45) is 3.09. The fourth-order valence-corrected chi connectivity index (χ4v) is 1.87. The lowest BCUT2D eigenvalue weighted by Gasteiger charge is -2.08. The Balaban J connectivity index is 2.03. The summed E-state index contributed by atoms with van der Waals surface area (Å²) in [4.78, 5) is 16.0. The molecule has 0 radical (unpaired) electrons. The van der Waals surface area contributed by atoms with Crippen molar-refractivity contribution in [1.29, 1.82) is 0 Å². The molecule has 0 fully saturated rings. The van der Waals surface area contributed by atoms with Gasteiger partial charge in [0.25, 0.3) is 5.91 Å². The van der Waals surface area contributed by atoms with E-state index < -0.39 is 0 Å². The second-order valence-electron chi connectivity index (χ2n) is 3.89. The number of methoxy groups -OCH3 is 1. The van der Waals surface area contributed by atoms with Gasteiger partial charge in [-0.2, -0.15) is 0 Å². The van der Waals surface area contributed by atoms with Crippen molar-refractivity contribution in [3.05, 3.63) is 58.3 Å². The molecule has 0 saturated heterocycles. The van der Waals surface area contributed by atoms with Crippen LogP contribution in [0.5, 0.6) is 5.75 Å². The quantitative estimate of drug-likeness (QED) is 0.942. The monoisotopic (exact) mass is 320 g/mol. The second-order valence-corrected chi connectivity index (χ2v) is 4.80. The molecule has 1 aromatic carbocycles. The van der Waals surface area contributed by atoms with Gasteiger partial charge in [0.1, 0.15) is 5.75 Å². The van der Waals surface area contributed by atoms with Gasteiger partial charge in [0.2, 0.25) is 0 Å². The largest absolute Gasteiger partial charge is 0.494 e. The van der Waals surface area contributed by atoms with E-state index in [0.717, 1.165) is 10.0 Å². The number of pyridine rings is 1. The third-order valence-electron chi connectivity index (χ3n) is 2.62. The number of carbonyl (C=O) groups excluding carboxylic acids is 1. The zero-order valence-electron chi connectivity index (χ0n) is 10.4. The topological polar surface area (TPSA) is 51.2 Å². The maximum absolute atomic E-state index is 12.0. The average Bonchev–Trinajstić information content (AvgIpc) is 2.46. The standard InChI is InChI=1S/C14H13BrN2O2/c1-19-13-9-16-7-6-12(13)14(18)17-8-10-2-4-11(15)5-3-10/h2-7,9H,8H2,1H3,(H,17,18). The number of nitrogens with one attached hydrogen (secondary N) is 1. The smallest absolute Gasteiger partial charge is 0.255 e. The molecule has 0 atom stereocenters. The fourth-order valence-electron chi connectivity index (χ4n) is 1.61. The van der Waals surface area contributed by atoms with E-state index in [0.29, 0.717) is 17.9 Å². The number of amides is 1. The van der Waals surface area contributed by atoms with Crippen LogP contribution < -0.4 is 10.1 Å². The van der Waals surface area contributed by atoms with Crippen molar-refractivity contribution < 1.29 is 9.53 Å². The molecule has 2 rings (SSSR count). The van der Waals surface area contributed by atoms with Gasteiger partial charge < -0.3 is 10.1 Å². The molecule has 19 heavy (non-hydrogen) atoms. The molecule has 0 aliphatic heterocycles. The lowest BCUT2D eigenvalue weighted by Crippen LogP contribution is -2.23. The van der Waals surface area contributed by atoms with E-state index in [9.17, 15) is 4.79 Å². The zero-order chi connectivity index (χ0) is 13.7. The lowest BCUT2D eigenvalue weighted by molar-refractivity contribution is 0.0947. The number of halogens is 1. The highest BCUT2D eigenvalue weighted by atomic mass is 79.9. The number of carbonyl (C=O) groups is 1. The molecule has 1 N–H and O–H groups in total. The third kappa shape index (κ3) is 3.54. The summed E-state index contributed by atoms with van der Waals surface area (Å²) in [6.45, 7) is 0.470. The van der Waals surface area contributed by atoms with Crippen molar-refractivity contribution in [2.75, 3.05) is 7.11 Å². The van der Waals surface area contributed by atoms with E-state index in [1.54, 1.807) is 12.3 Å². The first kappa shape index (κ1) is 13.5. The molecule has 4 nitrogen and oxygen atoms in total. The van der Waals surface area contributed by atoms with Crippen LogP contribution in [0.3, 0.4) is 0 Å². The zero-order valence-corrected chi connectivity index (χ0v) is 12.0. The fraction of sp³-hybridized carbons (Fsp3) is 0.143. The van der Waals surface area contributed by atoms with Gasteiger partial charge in [-0.15, -0.1) is 0 Å². The third-order valence-corrected chi connectivity index (χ3v) is 3.14. The maximum atomic E-state index is 12.0. The van der Waals surface area contributed by atoms with Gasteiger partial charge >= 0.3 is 0 Å². The first-order valence-corrected chi connectivity index (χ1v) is 6.50. The molecule has 2 aromatic rings. The van der Waals surface area contributed by atoms with Crippen LogP contribution in [0.2, 0.25) is 0 Å². The van der Waals surface area contributed by atoms with Crippen LogP contribution in [0, 0.1) is 0 Å². The van der Waals surface area contributed by atoms with E-state index in [1.165, 1.54) is 13.3 Å². The van der Waals surface area contributed by atoms with Crippen LogP contribution in [-0.4, -0.2) is 18.0 Å². The number of ether oxygens (including phenoxy) is 1. The van der Waals surface area contributed by atoms with Crippen molar-refractivity contribution in [2.45, 2.75) is 6.54 Å². The van der Waals surface area contributed by atoms with E-state index in [1.807, 2.05) is 24.3 Å². The normalized spacial score (nSPS) is 10.0. The lowest BCUT2D eigenvalue weighted by atomic mass is 10.2. The highest BCUT2D eigenvalue weighted by molar-refractivity contribution is 9.10. The number of nitrogens with zero attached hydrogens (tertiary/aromatic N) is 1. The minimum absolute atomic E-state index is 0.179. The summed E-state index contributed by atoms with van der Waals surface area (Å²) in [7, 11) is 1.52. The van der Waals surface area contributed by atoms with Gasteiger partial charge in [-0.3, -0.25) is 9.78 Å². The Morgan fingerprint density at radius 2 is 2.05 bits per heavy atom. The number of hydrogen-bond acceptors (Lipinski definition) is 3. The van der Waals surface area contributed by atoms with E-state index >= 15 is 0 Å². The highest BCUT2D eigenvalue weighted by Crippen LogP contribution is 2.15. The van der Waals surface area contributed by atoms with E-state index in [2.05, 4.69) is 26.2 Å². The van der Waals surface area contributed by atoms with Gasteiger partial charge in [0, 0.05) is 17.2 Å². The SMILES string of the molecule is COc1cnccc1C(=O)NCc1ccc(Br)cc1. The molecular weight excluding hydrogens is 308 g/mol. The van der Waals surface area contributed by atoms with Crippen molar-refractivity contribution in [3.8, 4) is 5.75 Å². The number of hydrogen-bond donors (Lipinski definition) is 1. The minimum atomic E-state index is -0.179. The molecule has 1 heterocycles. The predicted octanol–water partition coefficient (Wildman–Crippen LogP) is 2.78. The first-order valence-electron chi connectivity index (χ1n) is 5.71. The minimum Gasteiger partial charge on any atom is -0.494 e. The van der Waals surface area contributed by atoms with Crippen LogP contribution in [-0.2, 0) is 6.54 Å². The van der Waals surface area contributed by atoms with Crippen molar-refractivity contribution in [1.82, 2.24) is 10.3 Å². The van der Waals surface area contributed by atoms with Gasteiger partial charge in [-0.1, -0.05) is 28.1 Å². The van der Waals surface area contributed by atoms with Gasteiger partial charge in [0.15, 0.2) is 0 Å². The molecule has 98 valence electrons. The van der Waals surface area contributed by atoms with Gasteiger partial charge in [0.05, 0.1) is 18.9 Å². The summed E-state index contributed by atoms with van der Waals surface area (Å²) in [5, 5.41) is 2.85. The molecule has 1 aromatic heterocycles. The van der Waals surface area contributed by atoms with Crippen LogP contribution in [0.15, 0.2) is 47.2 Å². The summed E-state index contributed by atoms with van der Waals surface area (Å²) in [5.41, 5.74) is 1.51. The summed E-state index contributed by atoms with van der Waals surface area (Å²) < 4.78 is 6.12. The van der Waals surface area contributed by atoms with Crippen LogP contribution >= 0.6 is 15.9 Å². The number of rotatable bonds is 4. The van der Waals surface area contributed by atoms with Crippen molar-refractivity contribution >= 4 is 21.8 Å². The Labute approximate surface area is 119 Å². The molecular formula is C14H13BrN2O2. The molecule has 0 aliphatic rings. The predicted molar refractivity (Wildman–Crippen MR) is 76.1 cm³/mol. The Morgan fingerprint density at radius 3 is 2.74 bits per heavy atom. The first-order chi connectivity index (χ1) is 9.20. The second kappa shape index (κ2) is 6.33. The van der Waals surface area contributed by atoms with Crippen molar-refractivity contribution in [3.63, 3.8) is 0 Å². The average molecular weight is 321 g/mol. The molecule has 1 amide bonds. The highest BCUT2D eigenvalue weighted by Gasteiger charge is 2.11. The molecule has 0 saturated carbocycles. The summed E-state index contributed by atoms with van der Waals surface area (Å²) in [5.74, 6) is 0.290. The van der Waals surface area contributed by atoms with E-state index in [4.69, 9.17) is 4.74 Å². The number of benzene rings is 1. The Kier molecular flexibility index (Phi) is 4.52. The molecule has 0 unspecified atom stereocenters. The van der Waals surface area contributed by atoms with Crippen LogP contribution in [0.1, 0.15) is 15.9 Å². The molecule has 0 bridgehead atoms. The molecule has 0 spiro atoms. The van der Waals surface area contributed by atoms with Crippen LogP contribution in [0.25, 0.3) is 0 Å². The maximum Gasteiger partial charge on any atom is 0.255 e.